The summed E-state index contributed by atoms with van der Waals surface area (Å²) in [5.41, 5.74) is 3.37. The van der Waals surface area contributed by atoms with Crippen molar-refractivity contribution >= 4 is 16.7 Å². The molecule has 24 heavy (non-hydrogen) atoms. The summed E-state index contributed by atoms with van der Waals surface area (Å²) in [5, 5.41) is 11.2. The molecule has 6 nitrogen and oxygen atoms in total. The maximum Gasteiger partial charge on any atom is 0.280 e. The van der Waals surface area contributed by atoms with E-state index in [4.69, 9.17) is 4.42 Å². The lowest BCUT2D eigenvalue weighted by atomic mass is 10.1. The van der Waals surface area contributed by atoms with Crippen LogP contribution in [0.3, 0.4) is 0 Å². The topological polar surface area (TPSA) is 85.0 Å². The third-order valence-corrected chi connectivity index (χ3v) is 3.84. The molecule has 2 aromatic heterocycles. The second kappa shape index (κ2) is 5.34. The Bertz CT molecular complexity index is 1060. The Labute approximate surface area is 136 Å². The van der Waals surface area contributed by atoms with Crippen LogP contribution in [0.1, 0.15) is 5.56 Å². The summed E-state index contributed by atoms with van der Waals surface area (Å²) in [6, 6.07) is 15.9. The van der Waals surface area contributed by atoms with Crippen molar-refractivity contribution in [2.75, 3.05) is 0 Å². The van der Waals surface area contributed by atoms with Gasteiger partial charge >= 0.3 is 0 Å². The first kappa shape index (κ1) is 14.2. The number of nitro groups is 1. The lowest BCUT2D eigenvalue weighted by Crippen LogP contribution is -1.90. The minimum atomic E-state index is -0.415. The molecular weight excluding hydrogens is 306 g/mol. The molecule has 0 atom stereocenters. The number of fused-ring (bicyclic) bond motifs is 1. The predicted octanol–water partition coefficient (Wildman–Crippen LogP) is 4.71. The van der Waals surface area contributed by atoms with Crippen molar-refractivity contribution in [1.82, 2.24) is 9.97 Å². The average molecular weight is 319 g/mol. The molecule has 0 radical (unpaired) electrons. The molecule has 0 unspecified atom stereocenters. The smallest absolute Gasteiger partial charge is 0.280 e. The monoisotopic (exact) mass is 319 g/mol. The van der Waals surface area contributed by atoms with Crippen molar-refractivity contribution in [2.45, 2.75) is 6.92 Å². The summed E-state index contributed by atoms with van der Waals surface area (Å²) in [6.07, 6.45) is 0. The number of para-hydroxylation sites is 1. The Morgan fingerprint density at radius 2 is 1.88 bits per heavy atom. The van der Waals surface area contributed by atoms with Crippen molar-refractivity contribution in [1.29, 1.82) is 0 Å². The maximum atomic E-state index is 11.2. The Balaban J connectivity index is 1.78. The first-order valence-corrected chi connectivity index (χ1v) is 7.42. The molecule has 0 bridgehead atoms. The molecule has 0 aliphatic rings. The number of nitrogens with zero attached hydrogens (tertiary/aromatic N) is 2. The van der Waals surface area contributed by atoms with Gasteiger partial charge in [0.25, 0.3) is 5.69 Å². The maximum absolute atomic E-state index is 11.2. The number of furan rings is 1. The van der Waals surface area contributed by atoms with E-state index in [-0.39, 0.29) is 5.69 Å². The zero-order valence-electron chi connectivity index (χ0n) is 12.8. The predicted molar refractivity (Wildman–Crippen MR) is 90.6 cm³/mol. The molecule has 4 aromatic rings. The second-order valence-corrected chi connectivity index (χ2v) is 5.54. The molecule has 2 aromatic carbocycles. The number of imidazole rings is 1. The average Bonchev–Trinajstić information content (AvgIpc) is 3.20. The van der Waals surface area contributed by atoms with Crippen LogP contribution in [0.5, 0.6) is 0 Å². The van der Waals surface area contributed by atoms with Crippen LogP contribution in [0.25, 0.3) is 33.9 Å². The van der Waals surface area contributed by atoms with E-state index in [1.165, 1.54) is 6.07 Å². The summed E-state index contributed by atoms with van der Waals surface area (Å²) in [4.78, 5) is 18.5. The van der Waals surface area contributed by atoms with E-state index in [0.29, 0.717) is 22.9 Å². The van der Waals surface area contributed by atoms with Crippen LogP contribution in [-0.4, -0.2) is 14.9 Å². The normalized spacial score (nSPS) is 11.0. The van der Waals surface area contributed by atoms with Crippen molar-refractivity contribution < 1.29 is 9.34 Å². The van der Waals surface area contributed by atoms with Gasteiger partial charge in [-0.2, -0.15) is 0 Å². The summed E-state index contributed by atoms with van der Waals surface area (Å²) in [5.74, 6) is 1.58. The first-order valence-electron chi connectivity index (χ1n) is 7.42. The van der Waals surface area contributed by atoms with E-state index in [1.807, 2.05) is 25.1 Å². The number of nitrogens with one attached hydrogen (secondary N) is 1. The van der Waals surface area contributed by atoms with Gasteiger partial charge in [-0.05, 0) is 42.8 Å². The van der Waals surface area contributed by atoms with Gasteiger partial charge in [0.15, 0.2) is 11.6 Å². The van der Waals surface area contributed by atoms with Gasteiger partial charge in [0, 0.05) is 6.07 Å². The Kier molecular flexibility index (Phi) is 3.16. The minimum Gasteiger partial charge on any atom is -0.453 e. The third-order valence-electron chi connectivity index (χ3n) is 3.84. The summed E-state index contributed by atoms with van der Waals surface area (Å²) in [6.45, 7) is 2.01. The fraction of sp³-hybridized carbons (Fsp3) is 0.0556. The number of aryl methyl sites for hydroxylation is 1. The van der Waals surface area contributed by atoms with E-state index < -0.39 is 4.92 Å². The second-order valence-electron chi connectivity index (χ2n) is 5.54. The minimum absolute atomic E-state index is 0.0126. The molecular formula is C18H13N3O3. The highest BCUT2D eigenvalue weighted by Crippen LogP contribution is 2.33. The van der Waals surface area contributed by atoms with Crippen LogP contribution < -0.4 is 0 Å². The fourth-order valence-electron chi connectivity index (χ4n) is 2.69. The molecule has 0 aliphatic heterocycles. The molecule has 2 heterocycles. The molecule has 0 fully saturated rings. The Morgan fingerprint density at radius 1 is 1.08 bits per heavy atom. The van der Waals surface area contributed by atoms with Gasteiger partial charge in [0.1, 0.15) is 5.76 Å². The molecule has 0 aliphatic carbocycles. The number of aromatic nitrogens is 2. The van der Waals surface area contributed by atoms with Crippen molar-refractivity contribution in [3.63, 3.8) is 0 Å². The lowest BCUT2D eigenvalue weighted by molar-refractivity contribution is -0.384. The van der Waals surface area contributed by atoms with Gasteiger partial charge < -0.3 is 9.40 Å². The lowest BCUT2D eigenvalue weighted by Gasteiger charge is -1.98. The van der Waals surface area contributed by atoms with Crippen LogP contribution >= 0.6 is 0 Å². The van der Waals surface area contributed by atoms with Gasteiger partial charge in [-0.15, -0.1) is 0 Å². The number of nitro benzene ring substituents is 1. The molecule has 6 heteroatoms. The molecule has 0 spiro atoms. The van der Waals surface area contributed by atoms with E-state index >= 15 is 0 Å². The van der Waals surface area contributed by atoms with E-state index in [2.05, 4.69) is 9.97 Å². The highest BCUT2D eigenvalue weighted by Gasteiger charge is 2.18. The van der Waals surface area contributed by atoms with Gasteiger partial charge in [-0.1, -0.05) is 18.2 Å². The first-order chi connectivity index (χ1) is 11.6. The van der Waals surface area contributed by atoms with Crippen LogP contribution in [0.4, 0.5) is 5.69 Å². The number of benzene rings is 2. The molecule has 0 amide bonds. The SMILES string of the molecule is Cc1ccc2nc(-c3ccc(-c4ccccc4[N+](=O)[O-])o3)[nH]c2c1. The van der Waals surface area contributed by atoms with E-state index in [9.17, 15) is 10.1 Å². The van der Waals surface area contributed by atoms with Crippen molar-refractivity contribution in [2.24, 2.45) is 0 Å². The molecule has 118 valence electrons. The van der Waals surface area contributed by atoms with E-state index in [0.717, 1.165) is 16.6 Å². The van der Waals surface area contributed by atoms with Crippen molar-refractivity contribution in [3.05, 3.63) is 70.3 Å². The number of rotatable bonds is 3. The van der Waals surface area contributed by atoms with Gasteiger partial charge in [-0.3, -0.25) is 10.1 Å². The summed E-state index contributed by atoms with van der Waals surface area (Å²) >= 11 is 0. The van der Waals surface area contributed by atoms with Crippen LogP contribution in [0.15, 0.2) is 59.0 Å². The van der Waals surface area contributed by atoms with Crippen LogP contribution in [0.2, 0.25) is 0 Å². The number of aromatic amines is 1. The zero-order valence-corrected chi connectivity index (χ0v) is 12.8. The number of hydrogen-bond acceptors (Lipinski definition) is 4. The van der Waals surface area contributed by atoms with Gasteiger partial charge in [0.05, 0.1) is 21.5 Å². The number of hydrogen-bond donors (Lipinski definition) is 1. The fourth-order valence-corrected chi connectivity index (χ4v) is 2.69. The largest absolute Gasteiger partial charge is 0.453 e. The van der Waals surface area contributed by atoms with Gasteiger partial charge in [-0.25, -0.2) is 4.98 Å². The molecule has 1 N–H and O–H groups in total. The third kappa shape index (κ3) is 2.34. The van der Waals surface area contributed by atoms with Gasteiger partial charge in [0.2, 0.25) is 0 Å². The number of H-pyrrole nitrogens is 1. The molecule has 0 saturated heterocycles. The van der Waals surface area contributed by atoms with Crippen LogP contribution in [-0.2, 0) is 0 Å². The Hall–Kier alpha value is -3.41. The molecule has 0 saturated carbocycles. The highest BCUT2D eigenvalue weighted by molar-refractivity contribution is 5.79. The van der Waals surface area contributed by atoms with Crippen LogP contribution in [0, 0.1) is 17.0 Å². The summed E-state index contributed by atoms with van der Waals surface area (Å²) < 4.78 is 5.81. The zero-order chi connectivity index (χ0) is 16.7. The van der Waals surface area contributed by atoms with Crippen molar-refractivity contribution in [3.8, 4) is 22.9 Å². The summed E-state index contributed by atoms with van der Waals surface area (Å²) in [7, 11) is 0. The quantitative estimate of drug-likeness (QED) is 0.438. The Morgan fingerprint density at radius 3 is 2.71 bits per heavy atom. The van der Waals surface area contributed by atoms with E-state index in [1.54, 1.807) is 30.3 Å². The highest BCUT2D eigenvalue weighted by atomic mass is 16.6. The molecule has 4 rings (SSSR count). The standard InChI is InChI=1S/C18H13N3O3/c1-11-6-7-13-14(10-11)20-18(19-13)17-9-8-16(24-17)12-4-2-3-5-15(12)21(22)23/h2-10H,1H3,(H,19,20).